The third-order valence-electron chi connectivity index (χ3n) is 4.22. The Morgan fingerprint density at radius 2 is 0.933 bits per heavy atom. The smallest absolute Gasteiger partial charge is 0.337 e. The van der Waals surface area contributed by atoms with Crippen molar-refractivity contribution in [2.45, 2.75) is 0 Å². The van der Waals surface area contributed by atoms with Crippen molar-refractivity contribution in [3.05, 3.63) is 106 Å². The van der Waals surface area contributed by atoms with Crippen LogP contribution in [0.25, 0.3) is 0 Å². The molecule has 0 amide bonds. The molecule has 4 heteroatoms. The van der Waals surface area contributed by atoms with Gasteiger partial charge in [-0.25, -0.2) is 9.59 Å². The zero-order valence-electron chi connectivity index (χ0n) is 16.6. The second-order valence-electron chi connectivity index (χ2n) is 6.18. The van der Waals surface area contributed by atoms with E-state index in [9.17, 15) is 9.59 Å². The van der Waals surface area contributed by atoms with Crippen LogP contribution in [0.2, 0.25) is 0 Å². The van der Waals surface area contributed by atoms with Crippen molar-refractivity contribution in [1.29, 1.82) is 0 Å². The monoisotopic (exact) mass is 394 g/mol. The zero-order valence-corrected chi connectivity index (χ0v) is 16.6. The molecule has 0 atom stereocenters. The Hall–Kier alpha value is -4.28. The van der Waals surface area contributed by atoms with Crippen LogP contribution in [0.5, 0.6) is 0 Å². The van der Waals surface area contributed by atoms with Crippen molar-refractivity contribution in [1.82, 2.24) is 0 Å². The Morgan fingerprint density at radius 3 is 1.27 bits per heavy atom. The molecular weight excluding hydrogens is 376 g/mol. The quantitative estimate of drug-likeness (QED) is 0.486. The lowest BCUT2D eigenvalue weighted by molar-refractivity contribution is 0.0592. The predicted molar refractivity (Wildman–Crippen MR) is 114 cm³/mol. The minimum absolute atomic E-state index is 0.380. The molecule has 4 nitrogen and oxygen atoms in total. The van der Waals surface area contributed by atoms with Crippen molar-refractivity contribution >= 4 is 11.9 Å². The molecule has 0 bridgehead atoms. The lowest BCUT2D eigenvalue weighted by atomic mass is 10.1. The highest BCUT2D eigenvalue weighted by Gasteiger charge is 2.04. The first-order chi connectivity index (χ1) is 14.6. The standard InChI is InChI=1S/C26H18O4/c1-29-25(27)23-15-9-19(10-16-23)7-13-21-5-3-4-6-22(21)14-8-20-11-17-24(18-12-20)26(28)30-2/h3-6,9-12,15-18H,1-2H3. The lowest BCUT2D eigenvalue weighted by Gasteiger charge is -1.99. The number of carbonyl (C=O) groups excluding carboxylic acids is 2. The fourth-order valence-corrected chi connectivity index (χ4v) is 2.60. The minimum atomic E-state index is -0.380. The third kappa shape index (κ3) is 5.16. The Bertz CT molecular complexity index is 1090. The average molecular weight is 394 g/mol. The van der Waals surface area contributed by atoms with Crippen LogP contribution in [0.4, 0.5) is 0 Å². The Kier molecular flexibility index (Phi) is 6.66. The number of benzene rings is 3. The Labute approximate surface area is 175 Å². The fraction of sp³-hybridized carbons (Fsp3) is 0.0769. The van der Waals surface area contributed by atoms with E-state index in [0.29, 0.717) is 11.1 Å². The molecule has 3 aromatic rings. The van der Waals surface area contributed by atoms with Gasteiger partial charge in [0, 0.05) is 22.3 Å². The van der Waals surface area contributed by atoms with E-state index in [1.807, 2.05) is 24.3 Å². The average Bonchev–Trinajstić information content (AvgIpc) is 2.81. The lowest BCUT2D eigenvalue weighted by Crippen LogP contribution is -2.00. The molecule has 146 valence electrons. The minimum Gasteiger partial charge on any atom is -0.465 e. The summed E-state index contributed by atoms with van der Waals surface area (Å²) in [7, 11) is 2.70. The van der Waals surface area contributed by atoms with Crippen molar-refractivity contribution in [2.75, 3.05) is 14.2 Å². The summed E-state index contributed by atoms with van der Waals surface area (Å²) in [5.74, 6) is 11.7. The molecule has 0 aromatic heterocycles. The molecule has 0 radical (unpaired) electrons. The highest BCUT2D eigenvalue weighted by Crippen LogP contribution is 2.09. The molecule has 0 aliphatic carbocycles. The van der Waals surface area contributed by atoms with Gasteiger partial charge in [-0.3, -0.25) is 0 Å². The van der Waals surface area contributed by atoms with Gasteiger partial charge in [-0.05, 0) is 60.7 Å². The molecule has 3 aromatic carbocycles. The molecule has 3 rings (SSSR count). The van der Waals surface area contributed by atoms with Crippen molar-refractivity contribution in [3.8, 4) is 23.7 Å². The molecule has 0 aliphatic rings. The second kappa shape index (κ2) is 9.78. The highest BCUT2D eigenvalue weighted by atomic mass is 16.5. The molecule has 0 aliphatic heterocycles. The number of hydrogen-bond donors (Lipinski definition) is 0. The summed E-state index contributed by atoms with van der Waals surface area (Å²) in [6, 6.07) is 21.4. The largest absolute Gasteiger partial charge is 0.465 e. The van der Waals surface area contributed by atoms with Crippen LogP contribution in [0.3, 0.4) is 0 Å². The van der Waals surface area contributed by atoms with Crippen molar-refractivity contribution < 1.29 is 19.1 Å². The number of esters is 2. The van der Waals surface area contributed by atoms with Crippen molar-refractivity contribution in [3.63, 3.8) is 0 Å². The van der Waals surface area contributed by atoms with Crippen LogP contribution >= 0.6 is 0 Å². The van der Waals surface area contributed by atoms with Gasteiger partial charge in [0.15, 0.2) is 0 Å². The fourth-order valence-electron chi connectivity index (χ4n) is 2.60. The van der Waals surface area contributed by atoms with E-state index >= 15 is 0 Å². The van der Waals surface area contributed by atoms with Crippen LogP contribution < -0.4 is 0 Å². The maximum atomic E-state index is 11.5. The first-order valence-electron chi connectivity index (χ1n) is 9.10. The predicted octanol–water partition coefficient (Wildman–Crippen LogP) is 4.06. The van der Waals surface area contributed by atoms with Gasteiger partial charge in [0.25, 0.3) is 0 Å². The van der Waals surface area contributed by atoms with E-state index in [1.54, 1.807) is 48.5 Å². The van der Waals surface area contributed by atoms with E-state index in [-0.39, 0.29) is 11.9 Å². The SMILES string of the molecule is COC(=O)c1ccc(C#Cc2ccccc2C#Cc2ccc(C(=O)OC)cc2)cc1. The van der Waals surface area contributed by atoms with E-state index in [0.717, 1.165) is 22.3 Å². The zero-order chi connectivity index (χ0) is 21.3. The summed E-state index contributed by atoms with van der Waals surface area (Å²) in [6.07, 6.45) is 0. The molecule has 0 unspecified atom stereocenters. The Balaban J connectivity index is 1.81. The van der Waals surface area contributed by atoms with Gasteiger partial charge in [-0.2, -0.15) is 0 Å². The maximum absolute atomic E-state index is 11.5. The Morgan fingerprint density at radius 1 is 0.567 bits per heavy atom. The molecule has 0 saturated carbocycles. The first kappa shape index (κ1) is 20.5. The molecular formula is C26H18O4. The topological polar surface area (TPSA) is 52.6 Å². The molecule has 0 N–H and O–H groups in total. The summed E-state index contributed by atoms with van der Waals surface area (Å²) < 4.78 is 9.39. The van der Waals surface area contributed by atoms with Gasteiger partial charge in [-0.1, -0.05) is 35.8 Å². The van der Waals surface area contributed by atoms with E-state index in [4.69, 9.17) is 9.47 Å². The molecule has 0 saturated heterocycles. The van der Waals surface area contributed by atoms with Crippen LogP contribution in [0.15, 0.2) is 72.8 Å². The summed E-state index contributed by atoms with van der Waals surface area (Å²) in [5, 5.41) is 0. The van der Waals surface area contributed by atoms with E-state index in [2.05, 4.69) is 23.7 Å². The summed E-state index contributed by atoms with van der Waals surface area (Å²) in [4.78, 5) is 23.0. The molecule has 0 spiro atoms. The van der Waals surface area contributed by atoms with Gasteiger partial charge in [-0.15, -0.1) is 0 Å². The van der Waals surface area contributed by atoms with Crippen LogP contribution in [-0.2, 0) is 9.47 Å². The van der Waals surface area contributed by atoms with Crippen LogP contribution in [0.1, 0.15) is 43.0 Å². The third-order valence-corrected chi connectivity index (χ3v) is 4.22. The van der Waals surface area contributed by atoms with Gasteiger partial charge in [0.1, 0.15) is 0 Å². The first-order valence-corrected chi connectivity index (χ1v) is 9.10. The van der Waals surface area contributed by atoms with Crippen LogP contribution in [-0.4, -0.2) is 26.2 Å². The van der Waals surface area contributed by atoms with Gasteiger partial charge < -0.3 is 9.47 Å². The number of hydrogen-bond acceptors (Lipinski definition) is 4. The number of carbonyl (C=O) groups is 2. The summed E-state index contributed by atoms with van der Waals surface area (Å²) >= 11 is 0. The summed E-state index contributed by atoms with van der Waals surface area (Å²) in [5.41, 5.74) is 4.12. The summed E-state index contributed by atoms with van der Waals surface area (Å²) in [6.45, 7) is 0. The van der Waals surface area contributed by atoms with Gasteiger partial charge in [0.2, 0.25) is 0 Å². The van der Waals surface area contributed by atoms with Gasteiger partial charge >= 0.3 is 11.9 Å². The van der Waals surface area contributed by atoms with Crippen molar-refractivity contribution in [2.24, 2.45) is 0 Å². The highest BCUT2D eigenvalue weighted by molar-refractivity contribution is 5.89. The number of methoxy groups -OCH3 is 2. The number of ether oxygens (including phenoxy) is 2. The normalized spacial score (nSPS) is 9.40. The second-order valence-corrected chi connectivity index (χ2v) is 6.18. The molecule has 30 heavy (non-hydrogen) atoms. The molecule has 0 fully saturated rings. The molecule has 0 heterocycles. The van der Waals surface area contributed by atoms with E-state index < -0.39 is 0 Å². The van der Waals surface area contributed by atoms with Gasteiger partial charge in [0.05, 0.1) is 25.3 Å². The maximum Gasteiger partial charge on any atom is 0.337 e. The van der Waals surface area contributed by atoms with Crippen LogP contribution in [0, 0.1) is 23.7 Å². The van der Waals surface area contributed by atoms with E-state index in [1.165, 1.54) is 14.2 Å². The number of rotatable bonds is 2.